The van der Waals surface area contributed by atoms with E-state index in [0.29, 0.717) is 18.8 Å². The molecule has 0 aliphatic carbocycles. The van der Waals surface area contributed by atoms with Gasteiger partial charge in [0, 0.05) is 17.5 Å². The normalized spacial score (nSPS) is 27.4. The lowest BCUT2D eigenvalue weighted by Crippen LogP contribution is -2.45. The van der Waals surface area contributed by atoms with Crippen molar-refractivity contribution in [1.82, 2.24) is 0 Å². The summed E-state index contributed by atoms with van der Waals surface area (Å²) < 4.78 is 18.2. The van der Waals surface area contributed by atoms with Gasteiger partial charge in [-0.25, -0.2) is 4.39 Å². The summed E-state index contributed by atoms with van der Waals surface area (Å²) in [4.78, 5) is 12.3. The van der Waals surface area contributed by atoms with Crippen LogP contribution in [0, 0.1) is 11.2 Å². The van der Waals surface area contributed by atoms with E-state index in [1.165, 1.54) is 18.2 Å². The summed E-state index contributed by atoms with van der Waals surface area (Å²) in [6.45, 7) is 2.51. The zero-order valence-corrected chi connectivity index (χ0v) is 10.8. The number of nitrogens with two attached hydrogens (primary N) is 1. The van der Waals surface area contributed by atoms with E-state index in [4.69, 9.17) is 22.1 Å². The van der Waals surface area contributed by atoms with E-state index in [2.05, 4.69) is 0 Å². The summed E-state index contributed by atoms with van der Waals surface area (Å²) in [5.74, 6) is -0.440. The molecule has 2 unspecified atom stereocenters. The zero-order valence-electron chi connectivity index (χ0n) is 10.1. The molecule has 2 atom stereocenters. The van der Waals surface area contributed by atoms with Crippen molar-refractivity contribution in [2.45, 2.75) is 19.4 Å². The van der Waals surface area contributed by atoms with Gasteiger partial charge in [0.15, 0.2) is 0 Å². The number of carbonyl (C=O) groups excluding carboxylic acids is 1. The van der Waals surface area contributed by atoms with Crippen LogP contribution in [0.25, 0.3) is 0 Å². The standard InChI is InChI=1S/C13H15ClFNO2/c1-13(7-18-6-11(13)16)12(17)4-8-2-3-9(15)5-10(8)14/h2-3,5,11H,4,6-7,16H2,1H3. The Bertz CT molecular complexity index is 480. The first-order chi connectivity index (χ1) is 8.43. The van der Waals surface area contributed by atoms with Gasteiger partial charge < -0.3 is 10.5 Å². The van der Waals surface area contributed by atoms with E-state index in [-0.39, 0.29) is 23.3 Å². The fourth-order valence-corrected chi connectivity index (χ4v) is 2.25. The van der Waals surface area contributed by atoms with Crippen LogP contribution < -0.4 is 5.73 Å². The molecule has 1 aromatic rings. The molecule has 0 amide bonds. The Morgan fingerprint density at radius 2 is 2.39 bits per heavy atom. The Hall–Kier alpha value is -0.970. The Labute approximate surface area is 110 Å². The molecule has 2 N–H and O–H groups in total. The lowest BCUT2D eigenvalue weighted by Gasteiger charge is -2.25. The molecule has 1 heterocycles. The van der Waals surface area contributed by atoms with Gasteiger partial charge in [0.05, 0.1) is 18.6 Å². The van der Waals surface area contributed by atoms with Crippen LogP contribution in [-0.4, -0.2) is 25.0 Å². The molecule has 18 heavy (non-hydrogen) atoms. The Morgan fingerprint density at radius 1 is 1.67 bits per heavy atom. The Morgan fingerprint density at radius 3 is 2.94 bits per heavy atom. The minimum absolute atomic E-state index is 0.0268. The summed E-state index contributed by atoms with van der Waals surface area (Å²) >= 11 is 5.91. The zero-order chi connectivity index (χ0) is 13.3. The maximum absolute atomic E-state index is 12.9. The van der Waals surface area contributed by atoms with Crippen LogP contribution in [0.2, 0.25) is 5.02 Å². The van der Waals surface area contributed by atoms with Gasteiger partial charge in [-0.3, -0.25) is 4.79 Å². The highest BCUT2D eigenvalue weighted by atomic mass is 35.5. The van der Waals surface area contributed by atoms with E-state index in [9.17, 15) is 9.18 Å². The molecule has 1 aromatic carbocycles. The van der Waals surface area contributed by atoms with Gasteiger partial charge in [-0.2, -0.15) is 0 Å². The van der Waals surface area contributed by atoms with E-state index < -0.39 is 11.2 Å². The summed E-state index contributed by atoms with van der Waals surface area (Å²) in [5.41, 5.74) is 5.82. The van der Waals surface area contributed by atoms with Crippen molar-refractivity contribution in [3.63, 3.8) is 0 Å². The highest BCUT2D eigenvalue weighted by molar-refractivity contribution is 6.31. The first-order valence-corrected chi connectivity index (χ1v) is 6.12. The molecule has 0 aromatic heterocycles. The minimum atomic E-state index is -0.683. The predicted octanol–water partition coefficient (Wildman–Crippen LogP) is 1.95. The average Bonchev–Trinajstić information content (AvgIpc) is 2.64. The van der Waals surface area contributed by atoms with Crippen LogP contribution in [-0.2, 0) is 16.0 Å². The van der Waals surface area contributed by atoms with Crippen molar-refractivity contribution in [3.8, 4) is 0 Å². The second-order valence-corrected chi connectivity index (χ2v) is 5.28. The van der Waals surface area contributed by atoms with Crippen LogP contribution in [0.3, 0.4) is 0 Å². The number of hydrogen-bond acceptors (Lipinski definition) is 3. The summed E-state index contributed by atoms with van der Waals surface area (Å²) in [7, 11) is 0. The molecule has 1 aliphatic rings. The molecule has 0 bridgehead atoms. The van der Waals surface area contributed by atoms with E-state index >= 15 is 0 Å². The summed E-state index contributed by atoms with van der Waals surface area (Å²) in [5, 5.41) is 0.263. The molecule has 0 spiro atoms. The number of halogens is 2. The molecule has 2 rings (SSSR count). The summed E-state index contributed by atoms with van der Waals surface area (Å²) in [6.07, 6.45) is 0.146. The third-order valence-electron chi connectivity index (χ3n) is 3.52. The maximum Gasteiger partial charge on any atom is 0.147 e. The lowest BCUT2D eigenvalue weighted by atomic mass is 9.79. The fraction of sp³-hybridized carbons (Fsp3) is 0.462. The highest BCUT2D eigenvalue weighted by Crippen LogP contribution is 2.30. The van der Waals surface area contributed by atoms with Crippen molar-refractivity contribution in [2.24, 2.45) is 11.1 Å². The van der Waals surface area contributed by atoms with Crippen LogP contribution in [0.15, 0.2) is 18.2 Å². The van der Waals surface area contributed by atoms with Crippen molar-refractivity contribution >= 4 is 17.4 Å². The Kier molecular flexibility index (Phi) is 3.71. The predicted molar refractivity (Wildman–Crippen MR) is 67.0 cm³/mol. The van der Waals surface area contributed by atoms with Crippen LogP contribution in [0.4, 0.5) is 4.39 Å². The van der Waals surface area contributed by atoms with Gasteiger partial charge >= 0.3 is 0 Å². The number of ketones is 1. The van der Waals surface area contributed by atoms with Crippen molar-refractivity contribution in [3.05, 3.63) is 34.6 Å². The first-order valence-electron chi connectivity index (χ1n) is 5.74. The number of ether oxygens (including phenoxy) is 1. The van der Waals surface area contributed by atoms with Crippen molar-refractivity contribution in [1.29, 1.82) is 0 Å². The van der Waals surface area contributed by atoms with Gasteiger partial charge in [0.2, 0.25) is 0 Å². The smallest absolute Gasteiger partial charge is 0.147 e. The van der Waals surface area contributed by atoms with E-state index in [1.807, 2.05) is 0 Å². The monoisotopic (exact) mass is 271 g/mol. The van der Waals surface area contributed by atoms with Crippen LogP contribution in [0.1, 0.15) is 12.5 Å². The molecule has 0 saturated carbocycles. The van der Waals surface area contributed by atoms with Gasteiger partial charge in [0.25, 0.3) is 0 Å². The molecule has 1 fully saturated rings. The largest absolute Gasteiger partial charge is 0.379 e. The molecule has 5 heteroatoms. The molecule has 3 nitrogen and oxygen atoms in total. The molecular formula is C13H15ClFNO2. The van der Waals surface area contributed by atoms with E-state index in [0.717, 1.165) is 0 Å². The fourth-order valence-electron chi connectivity index (χ4n) is 2.02. The lowest BCUT2D eigenvalue weighted by molar-refractivity contribution is -0.127. The Balaban J connectivity index is 2.16. The third-order valence-corrected chi connectivity index (χ3v) is 3.87. The van der Waals surface area contributed by atoms with Gasteiger partial charge in [-0.15, -0.1) is 0 Å². The van der Waals surface area contributed by atoms with E-state index in [1.54, 1.807) is 6.92 Å². The van der Waals surface area contributed by atoms with Gasteiger partial charge in [0.1, 0.15) is 11.6 Å². The first kappa shape index (κ1) is 13.5. The highest BCUT2D eigenvalue weighted by Gasteiger charge is 2.43. The number of carbonyl (C=O) groups is 1. The van der Waals surface area contributed by atoms with Crippen LogP contribution in [0.5, 0.6) is 0 Å². The summed E-state index contributed by atoms with van der Waals surface area (Å²) in [6, 6.07) is 3.73. The molecule has 1 saturated heterocycles. The van der Waals surface area contributed by atoms with Crippen LogP contribution >= 0.6 is 11.6 Å². The number of benzene rings is 1. The quantitative estimate of drug-likeness (QED) is 0.914. The third kappa shape index (κ3) is 2.41. The number of Topliss-reactive ketones (excluding diaryl/α,β-unsaturated/α-hetero) is 1. The van der Waals surface area contributed by atoms with Crippen molar-refractivity contribution in [2.75, 3.05) is 13.2 Å². The second-order valence-electron chi connectivity index (χ2n) is 4.87. The van der Waals surface area contributed by atoms with Gasteiger partial charge in [-0.1, -0.05) is 17.7 Å². The number of hydrogen-bond donors (Lipinski definition) is 1. The topological polar surface area (TPSA) is 52.3 Å². The van der Waals surface area contributed by atoms with Gasteiger partial charge in [-0.05, 0) is 24.6 Å². The minimum Gasteiger partial charge on any atom is -0.379 e. The molecular weight excluding hydrogens is 257 g/mol. The molecule has 0 radical (unpaired) electrons. The molecule has 98 valence electrons. The SMILES string of the molecule is CC1(C(=O)Cc2ccc(F)cc2Cl)COCC1N. The number of rotatable bonds is 3. The second kappa shape index (κ2) is 4.96. The maximum atomic E-state index is 12.9. The molecule has 1 aliphatic heterocycles. The average molecular weight is 272 g/mol. The van der Waals surface area contributed by atoms with Crippen molar-refractivity contribution < 1.29 is 13.9 Å².